The summed E-state index contributed by atoms with van der Waals surface area (Å²) in [6.07, 6.45) is 7.09. The Morgan fingerprint density at radius 3 is 2.38 bits per heavy atom. The van der Waals surface area contributed by atoms with E-state index in [1.807, 2.05) is 0 Å². The van der Waals surface area contributed by atoms with Gasteiger partial charge < -0.3 is 15.5 Å². The molecule has 1 atom stereocenters. The average molecular weight is 229 g/mol. The lowest BCUT2D eigenvalue weighted by Gasteiger charge is -2.37. The fourth-order valence-electron chi connectivity index (χ4n) is 2.40. The van der Waals surface area contributed by atoms with Gasteiger partial charge in [-0.25, -0.2) is 0 Å². The smallest absolute Gasteiger partial charge is 0.0771 e. The van der Waals surface area contributed by atoms with Gasteiger partial charge in [0.2, 0.25) is 0 Å². The molecule has 0 aromatic heterocycles. The molecule has 0 spiro atoms. The standard InChI is InChI=1S/C13H27NO2/c1-3-12(2,9-10-15)14-11-13(16)7-5-4-6-8-13/h14-16H,3-11H2,1-2H3. The van der Waals surface area contributed by atoms with Crippen LogP contribution in [0.25, 0.3) is 0 Å². The Hall–Kier alpha value is -0.120. The van der Waals surface area contributed by atoms with Crippen LogP contribution in [-0.4, -0.2) is 34.5 Å². The third-order valence-electron chi connectivity index (χ3n) is 4.07. The van der Waals surface area contributed by atoms with Gasteiger partial charge in [-0.1, -0.05) is 26.2 Å². The molecular weight excluding hydrogens is 202 g/mol. The molecule has 0 aromatic carbocycles. The highest BCUT2D eigenvalue weighted by atomic mass is 16.3. The van der Waals surface area contributed by atoms with Gasteiger partial charge in [0.05, 0.1) is 5.60 Å². The quantitative estimate of drug-likeness (QED) is 0.651. The summed E-state index contributed by atoms with van der Waals surface area (Å²) in [7, 11) is 0. The van der Waals surface area contributed by atoms with Crippen LogP contribution in [0.5, 0.6) is 0 Å². The molecule has 0 saturated heterocycles. The van der Waals surface area contributed by atoms with Crippen molar-refractivity contribution < 1.29 is 10.2 Å². The molecule has 1 saturated carbocycles. The van der Waals surface area contributed by atoms with E-state index in [-0.39, 0.29) is 12.1 Å². The van der Waals surface area contributed by atoms with Crippen LogP contribution in [0.1, 0.15) is 58.8 Å². The predicted octanol–water partition coefficient (Wildman–Crippen LogP) is 1.82. The summed E-state index contributed by atoms with van der Waals surface area (Å²) in [6.45, 7) is 5.11. The first kappa shape index (κ1) is 13.9. The SMILES string of the molecule is CCC(C)(CCO)NCC1(O)CCCCC1. The number of rotatable bonds is 6. The van der Waals surface area contributed by atoms with E-state index in [2.05, 4.69) is 19.2 Å². The molecule has 0 amide bonds. The molecule has 16 heavy (non-hydrogen) atoms. The van der Waals surface area contributed by atoms with Crippen molar-refractivity contribution in [1.29, 1.82) is 0 Å². The van der Waals surface area contributed by atoms with E-state index in [4.69, 9.17) is 5.11 Å². The molecule has 0 heterocycles. The summed E-state index contributed by atoms with van der Waals surface area (Å²) in [6, 6.07) is 0. The summed E-state index contributed by atoms with van der Waals surface area (Å²) in [5.74, 6) is 0. The molecule has 1 unspecified atom stereocenters. The summed E-state index contributed by atoms with van der Waals surface area (Å²) in [5.41, 5.74) is -0.550. The van der Waals surface area contributed by atoms with E-state index in [1.54, 1.807) is 0 Å². The van der Waals surface area contributed by atoms with Gasteiger partial charge in [-0.3, -0.25) is 0 Å². The molecule has 3 nitrogen and oxygen atoms in total. The normalized spacial score (nSPS) is 24.0. The lowest BCUT2D eigenvalue weighted by Crippen LogP contribution is -2.51. The summed E-state index contributed by atoms with van der Waals surface area (Å²) >= 11 is 0. The summed E-state index contributed by atoms with van der Waals surface area (Å²) < 4.78 is 0. The van der Waals surface area contributed by atoms with Gasteiger partial charge in [-0.15, -0.1) is 0 Å². The monoisotopic (exact) mass is 229 g/mol. The van der Waals surface area contributed by atoms with Crippen LogP contribution in [0.4, 0.5) is 0 Å². The number of nitrogens with one attached hydrogen (secondary N) is 1. The first-order chi connectivity index (χ1) is 7.54. The maximum Gasteiger partial charge on any atom is 0.0771 e. The van der Waals surface area contributed by atoms with Crippen molar-refractivity contribution in [3.8, 4) is 0 Å². The Morgan fingerprint density at radius 2 is 1.88 bits per heavy atom. The van der Waals surface area contributed by atoms with Crippen LogP contribution < -0.4 is 5.32 Å². The minimum absolute atomic E-state index is 0.0398. The Balaban J connectivity index is 2.41. The number of aliphatic hydroxyl groups excluding tert-OH is 1. The number of hydrogen-bond acceptors (Lipinski definition) is 3. The topological polar surface area (TPSA) is 52.5 Å². The number of β-amino-alcohol motifs (C(OH)–C–C–N with tert-alkyl or cyclic N) is 1. The molecule has 0 bridgehead atoms. The number of hydrogen-bond donors (Lipinski definition) is 3. The zero-order valence-electron chi connectivity index (χ0n) is 10.8. The van der Waals surface area contributed by atoms with Crippen LogP contribution in [0, 0.1) is 0 Å². The highest BCUT2D eigenvalue weighted by molar-refractivity contribution is 4.89. The van der Waals surface area contributed by atoms with E-state index >= 15 is 0 Å². The Kier molecular flexibility index (Phi) is 5.22. The third kappa shape index (κ3) is 4.04. The maximum absolute atomic E-state index is 10.4. The lowest BCUT2D eigenvalue weighted by molar-refractivity contribution is -0.00299. The van der Waals surface area contributed by atoms with Crippen molar-refractivity contribution in [3.05, 3.63) is 0 Å². The van der Waals surface area contributed by atoms with Crippen molar-refractivity contribution in [3.63, 3.8) is 0 Å². The predicted molar refractivity (Wildman–Crippen MR) is 66.4 cm³/mol. The van der Waals surface area contributed by atoms with Gasteiger partial charge in [0, 0.05) is 18.7 Å². The van der Waals surface area contributed by atoms with Crippen LogP contribution in [0.2, 0.25) is 0 Å². The fourth-order valence-corrected chi connectivity index (χ4v) is 2.40. The van der Waals surface area contributed by atoms with Crippen molar-refractivity contribution in [2.75, 3.05) is 13.2 Å². The van der Waals surface area contributed by atoms with Crippen molar-refractivity contribution >= 4 is 0 Å². The highest BCUT2D eigenvalue weighted by Crippen LogP contribution is 2.28. The minimum Gasteiger partial charge on any atom is -0.396 e. The molecular formula is C13H27NO2. The highest BCUT2D eigenvalue weighted by Gasteiger charge is 2.31. The summed E-state index contributed by atoms with van der Waals surface area (Å²) in [4.78, 5) is 0. The van der Waals surface area contributed by atoms with Gasteiger partial charge in [-0.05, 0) is 32.6 Å². The van der Waals surface area contributed by atoms with Crippen molar-refractivity contribution in [1.82, 2.24) is 5.32 Å². The maximum atomic E-state index is 10.4. The van der Waals surface area contributed by atoms with Gasteiger partial charge in [0.25, 0.3) is 0 Å². The molecule has 0 aromatic rings. The second kappa shape index (κ2) is 5.99. The van der Waals surface area contributed by atoms with E-state index in [0.29, 0.717) is 6.54 Å². The molecule has 0 aliphatic heterocycles. The molecule has 1 aliphatic carbocycles. The van der Waals surface area contributed by atoms with Gasteiger partial charge in [0.1, 0.15) is 0 Å². The van der Waals surface area contributed by atoms with E-state index in [9.17, 15) is 5.11 Å². The molecule has 1 rings (SSSR count). The average Bonchev–Trinajstić information content (AvgIpc) is 2.28. The van der Waals surface area contributed by atoms with Crippen molar-refractivity contribution in [2.24, 2.45) is 0 Å². The van der Waals surface area contributed by atoms with Crippen LogP contribution >= 0.6 is 0 Å². The fraction of sp³-hybridized carbons (Fsp3) is 1.00. The molecule has 3 N–H and O–H groups in total. The molecule has 1 aliphatic rings. The Bertz CT molecular complexity index is 193. The van der Waals surface area contributed by atoms with Gasteiger partial charge in [-0.2, -0.15) is 0 Å². The molecule has 1 fully saturated rings. The molecule has 0 radical (unpaired) electrons. The van der Waals surface area contributed by atoms with E-state index in [0.717, 1.165) is 38.5 Å². The molecule has 3 heteroatoms. The zero-order chi connectivity index (χ0) is 12.1. The number of aliphatic hydroxyl groups is 2. The Labute approximate surface area is 99.3 Å². The first-order valence-corrected chi connectivity index (χ1v) is 6.62. The van der Waals surface area contributed by atoms with E-state index < -0.39 is 5.60 Å². The van der Waals surface area contributed by atoms with Crippen LogP contribution in [0.3, 0.4) is 0 Å². The van der Waals surface area contributed by atoms with Crippen LogP contribution in [-0.2, 0) is 0 Å². The van der Waals surface area contributed by atoms with E-state index in [1.165, 1.54) is 6.42 Å². The summed E-state index contributed by atoms with van der Waals surface area (Å²) in [5, 5.41) is 22.9. The lowest BCUT2D eigenvalue weighted by atomic mass is 9.83. The Morgan fingerprint density at radius 1 is 1.25 bits per heavy atom. The second-order valence-corrected chi connectivity index (χ2v) is 5.53. The largest absolute Gasteiger partial charge is 0.396 e. The third-order valence-corrected chi connectivity index (χ3v) is 4.07. The first-order valence-electron chi connectivity index (χ1n) is 6.62. The molecule has 96 valence electrons. The van der Waals surface area contributed by atoms with Gasteiger partial charge in [0.15, 0.2) is 0 Å². The zero-order valence-corrected chi connectivity index (χ0v) is 10.8. The minimum atomic E-state index is -0.510. The van der Waals surface area contributed by atoms with Gasteiger partial charge >= 0.3 is 0 Å². The van der Waals surface area contributed by atoms with Crippen molar-refractivity contribution in [2.45, 2.75) is 69.9 Å². The van der Waals surface area contributed by atoms with Crippen LogP contribution in [0.15, 0.2) is 0 Å². The second-order valence-electron chi connectivity index (χ2n) is 5.53.